The lowest BCUT2D eigenvalue weighted by atomic mass is 10.0. The Morgan fingerprint density at radius 2 is 1.78 bits per heavy atom. The van der Waals surface area contributed by atoms with Crippen LogP contribution in [-0.2, 0) is 11.3 Å². The van der Waals surface area contributed by atoms with Gasteiger partial charge in [-0.05, 0) is 47.5 Å². The monoisotopic (exact) mass is 505 g/mol. The Bertz CT molecular complexity index is 1590. The third-order valence-corrected chi connectivity index (χ3v) is 6.13. The van der Waals surface area contributed by atoms with Crippen molar-refractivity contribution in [2.24, 2.45) is 0 Å². The molecule has 0 bridgehead atoms. The number of hydrogen-bond donors (Lipinski definition) is 2. The summed E-state index contributed by atoms with van der Waals surface area (Å²) in [7, 11) is 1.55. The minimum Gasteiger partial charge on any atom is -0.497 e. The van der Waals surface area contributed by atoms with E-state index in [2.05, 4.69) is 8.75 Å². The van der Waals surface area contributed by atoms with Crippen LogP contribution in [0, 0.1) is 0 Å². The molecule has 2 aromatic heterocycles. The molecule has 0 amide bonds. The maximum Gasteiger partial charge on any atom is 0.512 e. The number of fused-ring (bicyclic) bond motifs is 2. The third-order valence-electron chi connectivity index (χ3n) is 5.58. The zero-order valence-corrected chi connectivity index (χ0v) is 19.7. The Labute approximate surface area is 208 Å². The first-order valence-corrected chi connectivity index (χ1v) is 11.4. The summed E-state index contributed by atoms with van der Waals surface area (Å²) in [5.74, 6) is -0.153. The number of aromatic nitrogens is 3. The van der Waals surface area contributed by atoms with E-state index in [9.17, 15) is 19.8 Å². The van der Waals surface area contributed by atoms with Crippen molar-refractivity contribution < 1.29 is 34.0 Å². The second-order valence-corrected chi connectivity index (χ2v) is 8.31. The van der Waals surface area contributed by atoms with Gasteiger partial charge in [-0.15, -0.1) is 0 Å². The Morgan fingerprint density at radius 3 is 2.50 bits per heavy atom. The molecule has 5 rings (SSSR count). The van der Waals surface area contributed by atoms with Crippen LogP contribution < -0.4 is 14.2 Å². The van der Waals surface area contributed by atoms with E-state index in [1.807, 2.05) is 18.2 Å². The van der Waals surface area contributed by atoms with Gasteiger partial charge in [0.05, 0.1) is 41.8 Å². The average Bonchev–Trinajstić information content (AvgIpc) is 3.45. The van der Waals surface area contributed by atoms with Gasteiger partial charge >= 0.3 is 12.1 Å². The lowest BCUT2D eigenvalue weighted by Crippen LogP contribution is -2.10. The number of nitrogens with zero attached hydrogens (tertiary/aromatic N) is 3. The Kier molecular flexibility index (Phi) is 6.13. The van der Waals surface area contributed by atoms with Gasteiger partial charge in [0.15, 0.2) is 6.61 Å². The molecule has 0 unspecified atom stereocenters. The lowest BCUT2D eigenvalue weighted by molar-refractivity contribution is -0.139. The molecule has 0 atom stereocenters. The number of ether oxygens (including phenoxy) is 3. The first kappa shape index (κ1) is 23.1. The van der Waals surface area contributed by atoms with Gasteiger partial charge in [-0.2, -0.15) is 8.75 Å². The topological polar surface area (TPSA) is 133 Å². The van der Waals surface area contributed by atoms with Crippen molar-refractivity contribution in [3.63, 3.8) is 0 Å². The number of carboxylic acid groups (broad SMARTS) is 2. The molecule has 5 aromatic rings. The second-order valence-electron chi connectivity index (χ2n) is 7.78. The number of rotatable bonds is 8. The first-order chi connectivity index (χ1) is 17.4. The summed E-state index contributed by atoms with van der Waals surface area (Å²) >= 11 is 1.11. The minimum absolute atomic E-state index is 0.0746. The maximum absolute atomic E-state index is 11.8. The minimum atomic E-state index is -1.49. The van der Waals surface area contributed by atoms with Gasteiger partial charge < -0.3 is 29.0 Å². The molecular formula is C25H19N3O7S. The number of carboxylic acids is 1. The van der Waals surface area contributed by atoms with Crippen LogP contribution in [0.25, 0.3) is 33.1 Å². The van der Waals surface area contributed by atoms with Crippen molar-refractivity contribution in [1.29, 1.82) is 0 Å². The number of benzene rings is 3. The summed E-state index contributed by atoms with van der Waals surface area (Å²) in [6.07, 6.45) is -1.49. The van der Waals surface area contributed by atoms with Crippen LogP contribution in [0.15, 0.2) is 60.7 Å². The van der Waals surface area contributed by atoms with E-state index in [0.29, 0.717) is 27.8 Å². The molecule has 0 saturated heterocycles. The Balaban J connectivity index is 1.76. The molecule has 0 radical (unpaired) electrons. The predicted molar refractivity (Wildman–Crippen MR) is 132 cm³/mol. The lowest BCUT2D eigenvalue weighted by Gasteiger charge is -2.11. The zero-order valence-electron chi connectivity index (χ0n) is 18.9. The quantitative estimate of drug-likeness (QED) is 0.283. The van der Waals surface area contributed by atoms with Gasteiger partial charge in [-0.1, -0.05) is 24.3 Å². The molecule has 0 aliphatic carbocycles. The fourth-order valence-electron chi connectivity index (χ4n) is 4.09. The smallest absolute Gasteiger partial charge is 0.497 e. The van der Waals surface area contributed by atoms with E-state index < -0.39 is 18.7 Å². The van der Waals surface area contributed by atoms with Crippen molar-refractivity contribution in [1.82, 2.24) is 13.3 Å². The van der Waals surface area contributed by atoms with E-state index in [4.69, 9.17) is 14.2 Å². The summed E-state index contributed by atoms with van der Waals surface area (Å²) < 4.78 is 26.4. The molecule has 36 heavy (non-hydrogen) atoms. The molecule has 0 aliphatic heterocycles. The molecule has 0 aliphatic rings. The molecule has 3 aromatic carbocycles. The highest BCUT2D eigenvalue weighted by Gasteiger charge is 2.25. The number of hydrogen-bond acceptors (Lipinski definition) is 8. The van der Waals surface area contributed by atoms with Gasteiger partial charge in [-0.25, -0.2) is 9.59 Å². The Hall–Kier alpha value is -4.64. The van der Waals surface area contributed by atoms with Crippen LogP contribution in [0.4, 0.5) is 4.79 Å². The molecule has 2 heterocycles. The van der Waals surface area contributed by atoms with Crippen LogP contribution in [0.5, 0.6) is 17.4 Å². The van der Waals surface area contributed by atoms with E-state index in [-0.39, 0.29) is 18.2 Å². The number of methoxy groups -OCH3 is 1. The van der Waals surface area contributed by atoms with E-state index in [1.165, 1.54) is 0 Å². The summed E-state index contributed by atoms with van der Waals surface area (Å²) in [6.45, 7) is -0.305. The number of aliphatic carboxylic acids is 1. The zero-order chi connectivity index (χ0) is 25.2. The van der Waals surface area contributed by atoms with E-state index in [1.54, 1.807) is 54.1 Å². The van der Waals surface area contributed by atoms with Gasteiger partial charge in [0.25, 0.3) is 0 Å². The van der Waals surface area contributed by atoms with Crippen molar-refractivity contribution >= 4 is 45.8 Å². The van der Waals surface area contributed by atoms with Gasteiger partial charge in [0, 0.05) is 0 Å². The average molecular weight is 506 g/mol. The third kappa shape index (κ3) is 4.39. The summed E-state index contributed by atoms with van der Waals surface area (Å²) in [5.41, 5.74) is 4.05. The van der Waals surface area contributed by atoms with Crippen molar-refractivity contribution in [2.75, 3.05) is 13.7 Å². The van der Waals surface area contributed by atoms with Crippen LogP contribution in [0.2, 0.25) is 0 Å². The highest BCUT2D eigenvalue weighted by atomic mass is 32.1. The van der Waals surface area contributed by atoms with Gasteiger partial charge in [0.1, 0.15) is 22.5 Å². The van der Waals surface area contributed by atoms with Crippen LogP contribution in [0.1, 0.15) is 5.56 Å². The van der Waals surface area contributed by atoms with Gasteiger partial charge in [0.2, 0.25) is 5.88 Å². The number of carbonyl (C=O) groups is 2. The van der Waals surface area contributed by atoms with Crippen molar-refractivity contribution in [3.8, 4) is 28.5 Å². The van der Waals surface area contributed by atoms with Crippen molar-refractivity contribution in [3.05, 3.63) is 66.2 Å². The standard InChI is InChI=1S/C25H19N3O7S/c1-33-16-8-6-15(7-9-16)22-23-19(3-2-4-20(23)34-13-21(29)30)28(24(22)35-25(31)32)12-14-5-10-17-18(11-14)27-36-26-17/h2-11H,12-13H2,1H3,(H,29,30)(H,31,32). The maximum atomic E-state index is 11.8. The normalized spacial score (nSPS) is 11.0. The molecule has 0 fully saturated rings. The van der Waals surface area contributed by atoms with Crippen LogP contribution in [-0.4, -0.2) is 49.4 Å². The second kappa shape index (κ2) is 9.55. The summed E-state index contributed by atoms with van der Waals surface area (Å²) in [4.78, 5) is 23.0. The van der Waals surface area contributed by atoms with Gasteiger partial charge in [-0.3, -0.25) is 0 Å². The molecule has 2 N–H and O–H groups in total. The fraction of sp³-hybridized carbons (Fsp3) is 0.120. The molecule has 11 heteroatoms. The van der Waals surface area contributed by atoms with Crippen LogP contribution in [0.3, 0.4) is 0 Å². The molecule has 182 valence electrons. The predicted octanol–water partition coefficient (Wildman–Crippen LogP) is 4.89. The highest BCUT2D eigenvalue weighted by molar-refractivity contribution is 7.00. The fourth-order valence-corrected chi connectivity index (χ4v) is 4.60. The first-order valence-electron chi connectivity index (χ1n) is 10.7. The van der Waals surface area contributed by atoms with Crippen LogP contribution >= 0.6 is 11.7 Å². The van der Waals surface area contributed by atoms with E-state index >= 15 is 0 Å². The molecular weight excluding hydrogens is 486 g/mol. The van der Waals surface area contributed by atoms with E-state index in [0.717, 1.165) is 28.3 Å². The highest BCUT2D eigenvalue weighted by Crippen LogP contribution is 2.45. The SMILES string of the molecule is COc1ccc(-c2c(OC(=O)O)n(Cc3ccc4nsnc4c3)c3cccc(OCC(=O)O)c23)cc1. The Morgan fingerprint density at radius 1 is 1.00 bits per heavy atom. The largest absolute Gasteiger partial charge is 0.512 e. The molecule has 0 spiro atoms. The summed E-state index contributed by atoms with van der Waals surface area (Å²) in [5, 5.41) is 19.3. The molecule has 10 nitrogen and oxygen atoms in total. The molecule has 0 saturated carbocycles. The van der Waals surface area contributed by atoms with Crippen molar-refractivity contribution in [2.45, 2.75) is 6.54 Å². The summed E-state index contributed by atoms with van der Waals surface area (Å²) in [6, 6.07) is 17.8.